The van der Waals surface area contributed by atoms with E-state index in [2.05, 4.69) is 14.9 Å². The Morgan fingerprint density at radius 1 is 1.50 bits per heavy atom. The third-order valence-corrected chi connectivity index (χ3v) is 6.02. The fourth-order valence-corrected chi connectivity index (χ4v) is 4.73. The Kier molecular flexibility index (Phi) is 4.21. The van der Waals surface area contributed by atoms with Crippen molar-refractivity contribution in [2.24, 2.45) is 23.7 Å². The van der Waals surface area contributed by atoms with Crippen LogP contribution in [0, 0.1) is 18.3 Å². The Morgan fingerprint density at radius 2 is 2.35 bits per heavy atom. The molecule has 2 aromatic rings. The van der Waals surface area contributed by atoms with E-state index < -0.39 is 5.54 Å². The first-order chi connectivity index (χ1) is 12.5. The molecule has 26 heavy (non-hydrogen) atoms. The van der Waals surface area contributed by atoms with E-state index in [0.717, 1.165) is 11.3 Å². The summed E-state index contributed by atoms with van der Waals surface area (Å²) in [6, 6.07) is 4.38. The summed E-state index contributed by atoms with van der Waals surface area (Å²) in [5, 5.41) is 4.64. The maximum atomic E-state index is 14.7. The third-order valence-electron chi connectivity index (χ3n) is 5.06. The molecule has 2 aliphatic rings. The smallest absolute Gasteiger partial charge is 0.187 e. The van der Waals surface area contributed by atoms with Gasteiger partial charge >= 0.3 is 0 Å². The molecule has 0 unspecified atom stereocenters. The van der Waals surface area contributed by atoms with E-state index in [0.29, 0.717) is 22.8 Å². The van der Waals surface area contributed by atoms with Crippen LogP contribution in [0.2, 0.25) is 0 Å². The van der Waals surface area contributed by atoms with Crippen LogP contribution in [0.5, 0.6) is 0 Å². The number of nitrogens with zero attached hydrogens (tertiary/aromatic N) is 4. The Hall–Kier alpha value is -2.37. The lowest BCUT2D eigenvalue weighted by Crippen LogP contribution is -2.48. The molecule has 1 saturated heterocycles. The minimum atomic E-state index is -0.890. The van der Waals surface area contributed by atoms with Crippen LogP contribution in [0.15, 0.2) is 35.6 Å². The molecule has 8 heteroatoms. The second-order valence-electron chi connectivity index (χ2n) is 6.64. The summed E-state index contributed by atoms with van der Waals surface area (Å²) < 4.78 is 22.6. The van der Waals surface area contributed by atoms with Crippen molar-refractivity contribution in [3.05, 3.63) is 59.0 Å². The van der Waals surface area contributed by atoms with Crippen molar-refractivity contribution >= 4 is 22.6 Å². The summed E-state index contributed by atoms with van der Waals surface area (Å²) in [6.07, 6.45) is 4.32. The average Bonchev–Trinajstić information content (AvgIpc) is 3.08. The molecule has 0 bridgehead atoms. The fraction of sp³-hybridized carbons (Fsp3) is 0.389. The third kappa shape index (κ3) is 2.77. The van der Waals surface area contributed by atoms with E-state index in [-0.39, 0.29) is 24.4 Å². The Balaban J connectivity index is 1.75. The minimum absolute atomic E-state index is 0.0502. The molecule has 134 valence electrons. The Labute approximate surface area is 155 Å². The molecule has 3 atom stereocenters. The lowest BCUT2D eigenvalue weighted by Gasteiger charge is -2.46. The van der Waals surface area contributed by atoms with Crippen molar-refractivity contribution in [3.63, 3.8) is 0 Å². The van der Waals surface area contributed by atoms with E-state index in [1.165, 1.54) is 23.9 Å². The molecule has 0 spiro atoms. The average molecular weight is 371 g/mol. The zero-order valence-electron chi connectivity index (χ0n) is 14.2. The van der Waals surface area contributed by atoms with Gasteiger partial charge in [0.15, 0.2) is 10.9 Å². The summed E-state index contributed by atoms with van der Waals surface area (Å²) in [7, 11) is 1.86. The monoisotopic (exact) mass is 371 g/mol. The number of hydrogen-bond acceptors (Lipinski definition) is 5. The van der Waals surface area contributed by atoms with Crippen molar-refractivity contribution in [1.29, 1.82) is 0 Å². The first-order valence-electron chi connectivity index (χ1n) is 8.27. The summed E-state index contributed by atoms with van der Waals surface area (Å²) in [6.45, 7) is 7.46. The zero-order chi connectivity index (χ0) is 18.3. The highest BCUT2D eigenvalue weighted by Crippen LogP contribution is 2.50. The van der Waals surface area contributed by atoms with Crippen molar-refractivity contribution in [2.45, 2.75) is 18.1 Å². The second kappa shape index (κ2) is 6.41. The summed E-state index contributed by atoms with van der Waals surface area (Å²) in [4.78, 5) is 8.08. The predicted octanol–water partition coefficient (Wildman–Crippen LogP) is 3.14. The number of aliphatic imine (C=N–C) groups is 1. The van der Waals surface area contributed by atoms with Gasteiger partial charge in [-0.2, -0.15) is 5.10 Å². The molecule has 0 aliphatic carbocycles. The van der Waals surface area contributed by atoms with Crippen LogP contribution in [0.25, 0.3) is 4.85 Å². The van der Waals surface area contributed by atoms with Gasteiger partial charge in [-0.05, 0) is 18.6 Å². The number of nitrogens with two attached hydrogens (primary N) is 1. The number of benzene rings is 1. The van der Waals surface area contributed by atoms with Gasteiger partial charge in [0.05, 0.1) is 25.5 Å². The molecular weight excluding hydrogens is 353 g/mol. The Bertz CT molecular complexity index is 921. The zero-order valence-corrected chi connectivity index (χ0v) is 15.0. The SMILES string of the molecule is [C-]#[N+]c1ccc(F)c([C@]23CO[C@@H](c4cnn(C)c4)C[C@H]2CSC(N)=N3)c1. The molecular formula is C18H18FN5OS. The fourth-order valence-electron chi connectivity index (χ4n) is 3.72. The molecule has 1 aromatic heterocycles. The van der Waals surface area contributed by atoms with Crippen molar-refractivity contribution in [3.8, 4) is 0 Å². The van der Waals surface area contributed by atoms with Crippen LogP contribution in [-0.4, -0.2) is 27.3 Å². The lowest BCUT2D eigenvalue weighted by atomic mass is 9.74. The maximum absolute atomic E-state index is 14.7. The van der Waals surface area contributed by atoms with Gasteiger partial charge in [0.2, 0.25) is 0 Å². The lowest BCUT2D eigenvalue weighted by molar-refractivity contribution is -0.0587. The maximum Gasteiger partial charge on any atom is 0.187 e. The van der Waals surface area contributed by atoms with Crippen LogP contribution >= 0.6 is 11.8 Å². The van der Waals surface area contributed by atoms with E-state index in [1.807, 2.05) is 13.2 Å². The van der Waals surface area contributed by atoms with Crippen LogP contribution in [-0.2, 0) is 17.3 Å². The number of aryl methyl sites for hydroxylation is 1. The predicted molar refractivity (Wildman–Crippen MR) is 98.4 cm³/mol. The summed E-state index contributed by atoms with van der Waals surface area (Å²) >= 11 is 1.48. The molecule has 3 heterocycles. The first kappa shape index (κ1) is 17.1. The number of aromatic nitrogens is 2. The summed E-state index contributed by atoms with van der Waals surface area (Å²) in [5.74, 6) is 0.403. The Morgan fingerprint density at radius 3 is 3.08 bits per heavy atom. The van der Waals surface area contributed by atoms with E-state index in [4.69, 9.17) is 17.0 Å². The van der Waals surface area contributed by atoms with Gasteiger partial charge in [-0.15, -0.1) is 0 Å². The van der Waals surface area contributed by atoms with Gasteiger partial charge in [0.25, 0.3) is 0 Å². The molecule has 0 saturated carbocycles. The van der Waals surface area contributed by atoms with Gasteiger partial charge in [-0.25, -0.2) is 14.2 Å². The highest BCUT2D eigenvalue weighted by atomic mass is 32.2. The number of rotatable bonds is 2. The quantitative estimate of drug-likeness (QED) is 0.824. The number of amidine groups is 1. The topological polar surface area (TPSA) is 69.8 Å². The van der Waals surface area contributed by atoms with Gasteiger partial charge in [-0.1, -0.05) is 17.8 Å². The van der Waals surface area contributed by atoms with Crippen LogP contribution in [0.3, 0.4) is 0 Å². The molecule has 1 aromatic carbocycles. The second-order valence-corrected chi connectivity index (χ2v) is 7.68. The minimum Gasteiger partial charge on any atom is -0.379 e. The highest BCUT2D eigenvalue weighted by Gasteiger charge is 2.49. The number of fused-ring (bicyclic) bond motifs is 1. The van der Waals surface area contributed by atoms with Gasteiger partial charge in [0, 0.05) is 36.0 Å². The van der Waals surface area contributed by atoms with E-state index >= 15 is 0 Å². The van der Waals surface area contributed by atoms with E-state index in [9.17, 15) is 4.39 Å². The van der Waals surface area contributed by atoms with Crippen LogP contribution < -0.4 is 5.73 Å². The molecule has 2 N–H and O–H groups in total. The van der Waals surface area contributed by atoms with E-state index in [1.54, 1.807) is 16.9 Å². The standard InChI is InChI=1S/C18H18FN5OS/c1-21-13-3-4-15(19)14(6-13)18-10-25-16(11-7-22-24(2)8-11)5-12(18)9-26-17(20)23-18/h3-4,6-8,12,16H,5,9-10H2,2H3,(H2,20,23)/t12-,16+,18-/m0/s1. The normalized spacial score (nSPS) is 28.1. The van der Waals surface area contributed by atoms with Gasteiger partial charge in [-0.3, -0.25) is 4.68 Å². The van der Waals surface area contributed by atoms with Crippen LogP contribution in [0.4, 0.5) is 10.1 Å². The van der Waals surface area contributed by atoms with Crippen molar-refractivity contribution in [1.82, 2.24) is 9.78 Å². The molecule has 1 fully saturated rings. The molecule has 4 rings (SSSR count). The molecule has 0 radical (unpaired) electrons. The molecule has 2 aliphatic heterocycles. The van der Waals surface area contributed by atoms with Crippen molar-refractivity contribution in [2.75, 3.05) is 12.4 Å². The number of thioether (sulfide) groups is 1. The number of halogens is 1. The number of ether oxygens (including phenoxy) is 1. The highest BCUT2D eigenvalue weighted by molar-refractivity contribution is 8.13. The number of hydrogen-bond donors (Lipinski definition) is 1. The van der Waals surface area contributed by atoms with Crippen molar-refractivity contribution < 1.29 is 9.13 Å². The van der Waals surface area contributed by atoms with Gasteiger partial charge < -0.3 is 10.5 Å². The molecule has 0 amide bonds. The van der Waals surface area contributed by atoms with Crippen LogP contribution in [0.1, 0.15) is 23.7 Å². The molecule has 6 nitrogen and oxygen atoms in total. The van der Waals surface area contributed by atoms with Gasteiger partial charge in [0.1, 0.15) is 11.4 Å². The first-order valence-corrected chi connectivity index (χ1v) is 9.26. The largest absolute Gasteiger partial charge is 0.379 e. The summed E-state index contributed by atoms with van der Waals surface area (Å²) in [5.41, 5.74) is 6.89.